The van der Waals surface area contributed by atoms with Crippen LogP contribution in [0.4, 0.5) is 0 Å². The molecule has 1 aromatic heterocycles. The monoisotopic (exact) mass is 355 g/mol. The lowest BCUT2D eigenvalue weighted by Crippen LogP contribution is -2.18. The van der Waals surface area contributed by atoms with Gasteiger partial charge in [-0.1, -0.05) is 11.6 Å². The average Bonchev–Trinajstić information content (AvgIpc) is 3.27. The normalized spacial score (nSPS) is 15.1. The second kappa shape index (κ2) is 6.54. The number of halogens is 1. The fourth-order valence-electron chi connectivity index (χ4n) is 3.44. The van der Waals surface area contributed by atoms with Gasteiger partial charge < -0.3 is 9.52 Å². The molecule has 25 heavy (non-hydrogen) atoms. The Bertz CT molecular complexity index is 924. The third kappa shape index (κ3) is 3.03. The van der Waals surface area contributed by atoms with E-state index in [-0.39, 0.29) is 11.5 Å². The molecule has 0 amide bonds. The van der Waals surface area contributed by atoms with Crippen molar-refractivity contribution in [3.8, 4) is 5.75 Å². The highest BCUT2D eigenvalue weighted by molar-refractivity contribution is 6.30. The third-order valence-electron chi connectivity index (χ3n) is 4.75. The number of benzene rings is 2. The number of hydrogen-bond acceptors (Lipinski definition) is 4. The number of carbonyl (C=O) groups excluding carboxylic acids is 1. The summed E-state index contributed by atoms with van der Waals surface area (Å²) in [5.74, 6) is 0.0645. The van der Waals surface area contributed by atoms with Gasteiger partial charge in [0.2, 0.25) is 0 Å². The largest absolute Gasteiger partial charge is 0.508 e. The van der Waals surface area contributed by atoms with Gasteiger partial charge in [0.05, 0.1) is 5.56 Å². The van der Waals surface area contributed by atoms with Crippen LogP contribution in [0.3, 0.4) is 0 Å². The molecule has 1 N–H and O–H groups in total. The second-order valence-corrected chi connectivity index (χ2v) is 6.84. The van der Waals surface area contributed by atoms with E-state index in [1.807, 2.05) is 0 Å². The predicted octanol–water partition coefficient (Wildman–Crippen LogP) is 4.62. The molecular weight excluding hydrogens is 338 g/mol. The summed E-state index contributed by atoms with van der Waals surface area (Å²) in [6, 6.07) is 10.1. The molecule has 3 aromatic rings. The number of carbonyl (C=O) groups is 1. The molecule has 0 aliphatic carbocycles. The molecule has 1 aliphatic rings. The van der Waals surface area contributed by atoms with Gasteiger partial charge >= 0.3 is 0 Å². The highest BCUT2D eigenvalue weighted by Gasteiger charge is 2.22. The van der Waals surface area contributed by atoms with Crippen molar-refractivity contribution in [3.63, 3.8) is 0 Å². The van der Waals surface area contributed by atoms with Crippen molar-refractivity contribution < 1.29 is 14.3 Å². The SMILES string of the molecule is O=C(c1ccc(Cl)cc1)c1coc2ccc(O)c(CN3CCCC3)c12. The topological polar surface area (TPSA) is 53.7 Å². The Morgan fingerprint density at radius 1 is 1.12 bits per heavy atom. The van der Waals surface area contributed by atoms with Gasteiger partial charge in [-0.2, -0.15) is 0 Å². The Morgan fingerprint density at radius 3 is 2.56 bits per heavy atom. The molecule has 128 valence electrons. The summed E-state index contributed by atoms with van der Waals surface area (Å²) in [7, 11) is 0. The highest BCUT2D eigenvalue weighted by Crippen LogP contribution is 2.34. The van der Waals surface area contributed by atoms with E-state index in [1.165, 1.54) is 19.1 Å². The first-order valence-electron chi connectivity index (χ1n) is 8.38. The minimum absolute atomic E-state index is 0.135. The third-order valence-corrected chi connectivity index (χ3v) is 5.01. The van der Waals surface area contributed by atoms with E-state index < -0.39 is 0 Å². The number of hydrogen-bond donors (Lipinski definition) is 1. The lowest BCUT2D eigenvalue weighted by molar-refractivity contribution is 0.103. The van der Waals surface area contributed by atoms with Gasteiger partial charge in [0.25, 0.3) is 0 Å². The Labute approximate surface area is 150 Å². The van der Waals surface area contributed by atoms with Gasteiger partial charge in [0.1, 0.15) is 17.6 Å². The molecule has 0 unspecified atom stereocenters. The molecule has 5 heteroatoms. The van der Waals surface area contributed by atoms with Crippen LogP contribution in [0.25, 0.3) is 11.0 Å². The quantitative estimate of drug-likeness (QED) is 0.694. The average molecular weight is 356 g/mol. The van der Waals surface area contributed by atoms with Crippen molar-refractivity contribution in [1.82, 2.24) is 4.90 Å². The maximum absolute atomic E-state index is 12.9. The van der Waals surface area contributed by atoms with Gasteiger partial charge in [-0.05, 0) is 62.3 Å². The smallest absolute Gasteiger partial charge is 0.196 e. The van der Waals surface area contributed by atoms with E-state index in [1.54, 1.807) is 36.4 Å². The van der Waals surface area contributed by atoms with Crippen molar-refractivity contribution in [2.75, 3.05) is 13.1 Å². The molecule has 4 rings (SSSR count). The van der Waals surface area contributed by atoms with E-state index in [0.29, 0.717) is 33.7 Å². The summed E-state index contributed by atoms with van der Waals surface area (Å²) in [5, 5.41) is 11.7. The van der Waals surface area contributed by atoms with Gasteiger partial charge in [-0.3, -0.25) is 9.69 Å². The number of likely N-dealkylation sites (tertiary alicyclic amines) is 1. The number of ketones is 1. The molecule has 0 atom stereocenters. The van der Waals surface area contributed by atoms with Crippen LogP contribution in [0, 0.1) is 0 Å². The van der Waals surface area contributed by atoms with Crippen LogP contribution in [-0.2, 0) is 6.54 Å². The van der Waals surface area contributed by atoms with Crippen molar-refractivity contribution in [3.05, 3.63) is 64.4 Å². The van der Waals surface area contributed by atoms with E-state index in [0.717, 1.165) is 18.7 Å². The molecule has 0 radical (unpaired) electrons. The molecule has 0 spiro atoms. The zero-order valence-electron chi connectivity index (χ0n) is 13.7. The number of nitrogens with zero attached hydrogens (tertiary/aromatic N) is 1. The molecule has 1 saturated heterocycles. The summed E-state index contributed by atoms with van der Waals surface area (Å²) in [6.45, 7) is 2.63. The van der Waals surface area contributed by atoms with Crippen LogP contribution in [0.2, 0.25) is 5.02 Å². The highest BCUT2D eigenvalue weighted by atomic mass is 35.5. The van der Waals surface area contributed by atoms with Crippen LogP contribution in [0.1, 0.15) is 34.3 Å². The summed E-state index contributed by atoms with van der Waals surface area (Å²) in [5.41, 5.74) is 2.39. The van der Waals surface area contributed by atoms with Crippen LogP contribution >= 0.6 is 11.6 Å². The van der Waals surface area contributed by atoms with Crippen LogP contribution < -0.4 is 0 Å². The molecular formula is C20H18ClNO3. The Hall–Kier alpha value is -2.30. The zero-order valence-corrected chi connectivity index (χ0v) is 14.4. The zero-order chi connectivity index (χ0) is 17.4. The maximum atomic E-state index is 12.9. The first kappa shape index (κ1) is 16.2. The lowest BCUT2D eigenvalue weighted by Gasteiger charge is -2.16. The molecule has 2 heterocycles. The minimum atomic E-state index is -0.135. The summed E-state index contributed by atoms with van der Waals surface area (Å²) in [4.78, 5) is 15.2. The molecule has 2 aromatic carbocycles. The van der Waals surface area contributed by atoms with Crippen LogP contribution in [0.5, 0.6) is 5.75 Å². The predicted molar refractivity (Wildman–Crippen MR) is 97.3 cm³/mol. The minimum Gasteiger partial charge on any atom is -0.508 e. The molecule has 1 aliphatic heterocycles. The number of fused-ring (bicyclic) bond motifs is 1. The van der Waals surface area contributed by atoms with Crippen LogP contribution in [0.15, 0.2) is 47.1 Å². The summed E-state index contributed by atoms with van der Waals surface area (Å²) >= 11 is 5.91. The van der Waals surface area contributed by atoms with Crippen molar-refractivity contribution >= 4 is 28.4 Å². The van der Waals surface area contributed by atoms with Gasteiger partial charge in [0, 0.05) is 28.1 Å². The van der Waals surface area contributed by atoms with E-state index >= 15 is 0 Å². The Kier molecular flexibility index (Phi) is 4.24. The Morgan fingerprint density at radius 2 is 1.84 bits per heavy atom. The van der Waals surface area contributed by atoms with Crippen molar-refractivity contribution in [2.24, 2.45) is 0 Å². The van der Waals surface area contributed by atoms with Gasteiger partial charge in [-0.15, -0.1) is 0 Å². The standard InChI is InChI=1S/C20H18ClNO3/c21-14-5-3-13(4-6-14)20(24)16-12-25-18-8-7-17(23)15(19(16)18)11-22-9-1-2-10-22/h3-8,12,23H,1-2,9-11H2. The maximum Gasteiger partial charge on any atom is 0.196 e. The lowest BCUT2D eigenvalue weighted by atomic mass is 9.98. The second-order valence-electron chi connectivity index (χ2n) is 6.41. The molecule has 0 bridgehead atoms. The first-order chi connectivity index (χ1) is 12.1. The van der Waals surface area contributed by atoms with Gasteiger partial charge in [0.15, 0.2) is 5.78 Å². The van der Waals surface area contributed by atoms with Crippen molar-refractivity contribution in [2.45, 2.75) is 19.4 Å². The van der Waals surface area contributed by atoms with Crippen molar-refractivity contribution in [1.29, 1.82) is 0 Å². The number of aromatic hydroxyl groups is 1. The fourth-order valence-corrected chi connectivity index (χ4v) is 3.56. The Balaban J connectivity index is 1.80. The summed E-state index contributed by atoms with van der Waals surface area (Å²) in [6.07, 6.45) is 3.81. The van der Waals surface area contributed by atoms with E-state index in [9.17, 15) is 9.90 Å². The van der Waals surface area contributed by atoms with E-state index in [4.69, 9.17) is 16.0 Å². The number of phenolic OH excluding ortho intramolecular Hbond substituents is 1. The van der Waals surface area contributed by atoms with E-state index in [2.05, 4.69) is 4.90 Å². The van der Waals surface area contributed by atoms with Crippen LogP contribution in [-0.4, -0.2) is 28.9 Å². The number of furan rings is 1. The molecule has 1 fully saturated rings. The molecule has 4 nitrogen and oxygen atoms in total. The molecule has 0 saturated carbocycles. The fraction of sp³-hybridized carbons (Fsp3) is 0.250. The first-order valence-corrected chi connectivity index (χ1v) is 8.76. The number of phenols is 1. The van der Waals surface area contributed by atoms with Gasteiger partial charge in [-0.25, -0.2) is 0 Å². The summed E-state index contributed by atoms with van der Waals surface area (Å²) < 4.78 is 5.60. The number of rotatable bonds is 4.